The van der Waals surface area contributed by atoms with Crippen LogP contribution in [0, 0.1) is 6.92 Å². The fourth-order valence-corrected chi connectivity index (χ4v) is 1.97. The van der Waals surface area contributed by atoms with E-state index in [1.54, 1.807) is 0 Å². The first-order valence-electron chi connectivity index (χ1n) is 6.52. The predicted molar refractivity (Wildman–Crippen MR) is 79.7 cm³/mol. The topological polar surface area (TPSA) is 47.7 Å². The quantitative estimate of drug-likeness (QED) is 0.887. The summed E-state index contributed by atoms with van der Waals surface area (Å²) < 4.78 is 3.99. The maximum absolute atomic E-state index is 4.49. The van der Waals surface area contributed by atoms with Crippen molar-refractivity contribution in [3.63, 3.8) is 0 Å². The van der Waals surface area contributed by atoms with Gasteiger partial charge in [0.1, 0.15) is 0 Å². The molecule has 0 saturated carbocycles. The minimum Gasteiger partial charge on any atom is -0.377 e. The summed E-state index contributed by atoms with van der Waals surface area (Å²) in [6.07, 6.45) is 4.98. The standard InChI is InChI=1S/C13H21N5.ClH/c1-4-6-18-13(7-11(3)16-18)9-14-12-8-15-17(5-2)10-12;/h7-8,10,14H,4-6,9H2,1-3H3;1H. The Balaban J connectivity index is 0.00000180. The molecular weight excluding hydrogens is 262 g/mol. The number of nitrogens with one attached hydrogen (secondary N) is 1. The van der Waals surface area contributed by atoms with Gasteiger partial charge in [-0.25, -0.2) is 0 Å². The first-order chi connectivity index (χ1) is 8.72. The van der Waals surface area contributed by atoms with Gasteiger partial charge in [-0.05, 0) is 26.3 Å². The van der Waals surface area contributed by atoms with Crippen LogP contribution in [0.5, 0.6) is 0 Å². The molecule has 0 aliphatic heterocycles. The first kappa shape index (κ1) is 15.6. The van der Waals surface area contributed by atoms with E-state index in [1.807, 2.05) is 24.0 Å². The summed E-state index contributed by atoms with van der Waals surface area (Å²) in [4.78, 5) is 0. The van der Waals surface area contributed by atoms with E-state index in [9.17, 15) is 0 Å². The van der Waals surface area contributed by atoms with Crippen molar-refractivity contribution >= 4 is 18.1 Å². The largest absolute Gasteiger partial charge is 0.377 e. The second kappa shape index (κ2) is 7.19. The van der Waals surface area contributed by atoms with Gasteiger partial charge in [-0.2, -0.15) is 10.2 Å². The maximum atomic E-state index is 4.49. The van der Waals surface area contributed by atoms with Crippen LogP contribution in [0.2, 0.25) is 0 Å². The van der Waals surface area contributed by atoms with Crippen LogP contribution >= 0.6 is 12.4 Å². The second-order valence-corrected chi connectivity index (χ2v) is 4.44. The van der Waals surface area contributed by atoms with Crippen LogP contribution in [-0.2, 0) is 19.6 Å². The Labute approximate surface area is 120 Å². The minimum absolute atomic E-state index is 0. The molecule has 106 valence electrons. The summed E-state index contributed by atoms with van der Waals surface area (Å²) >= 11 is 0. The summed E-state index contributed by atoms with van der Waals surface area (Å²) in [7, 11) is 0. The normalized spacial score (nSPS) is 10.3. The second-order valence-electron chi connectivity index (χ2n) is 4.44. The van der Waals surface area contributed by atoms with E-state index in [4.69, 9.17) is 0 Å². The lowest BCUT2D eigenvalue weighted by molar-refractivity contribution is 0.575. The molecule has 0 aliphatic carbocycles. The van der Waals surface area contributed by atoms with E-state index in [0.29, 0.717) is 0 Å². The molecule has 1 N–H and O–H groups in total. The number of rotatable bonds is 6. The van der Waals surface area contributed by atoms with Crippen molar-refractivity contribution in [3.05, 3.63) is 29.8 Å². The Hall–Kier alpha value is -1.49. The molecule has 0 amide bonds. The molecular formula is C13H22ClN5. The predicted octanol–water partition coefficient (Wildman–Crippen LogP) is 2.85. The van der Waals surface area contributed by atoms with Crippen molar-refractivity contribution in [2.75, 3.05) is 5.32 Å². The fraction of sp³-hybridized carbons (Fsp3) is 0.538. The lowest BCUT2D eigenvalue weighted by atomic mass is 10.3. The number of anilines is 1. The third-order valence-corrected chi connectivity index (χ3v) is 2.85. The summed E-state index contributed by atoms with van der Waals surface area (Å²) in [5, 5.41) is 12.1. The lowest BCUT2D eigenvalue weighted by Crippen LogP contribution is -2.08. The van der Waals surface area contributed by atoms with Gasteiger partial charge in [0.25, 0.3) is 0 Å². The van der Waals surface area contributed by atoms with Crippen molar-refractivity contribution in [2.45, 2.75) is 46.8 Å². The van der Waals surface area contributed by atoms with Crippen LogP contribution < -0.4 is 5.32 Å². The first-order valence-corrected chi connectivity index (χ1v) is 6.52. The highest BCUT2D eigenvalue weighted by Crippen LogP contribution is 2.10. The van der Waals surface area contributed by atoms with Gasteiger partial charge in [0.2, 0.25) is 0 Å². The zero-order valence-corrected chi connectivity index (χ0v) is 12.6. The summed E-state index contributed by atoms with van der Waals surface area (Å²) in [6.45, 7) is 8.94. The van der Waals surface area contributed by atoms with E-state index < -0.39 is 0 Å². The van der Waals surface area contributed by atoms with Crippen molar-refractivity contribution in [3.8, 4) is 0 Å². The summed E-state index contributed by atoms with van der Waals surface area (Å²) in [6, 6.07) is 2.13. The SMILES string of the molecule is CCCn1nc(C)cc1CNc1cnn(CC)c1.Cl. The highest BCUT2D eigenvalue weighted by molar-refractivity contribution is 5.85. The highest BCUT2D eigenvalue weighted by Gasteiger charge is 2.05. The molecule has 2 rings (SSSR count). The van der Waals surface area contributed by atoms with Crippen molar-refractivity contribution in [2.24, 2.45) is 0 Å². The summed E-state index contributed by atoms with van der Waals surface area (Å²) in [5.74, 6) is 0. The van der Waals surface area contributed by atoms with Crippen LogP contribution in [0.4, 0.5) is 5.69 Å². The molecule has 2 aromatic rings. The molecule has 2 heterocycles. The number of nitrogens with zero attached hydrogens (tertiary/aromatic N) is 4. The van der Waals surface area contributed by atoms with E-state index in [0.717, 1.165) is 37.4 Å². The molecule has 0 atom stereocenters. The van der Waals surface area contributed by atoms with Gasteiger partial charge >= 0.3 is 0 Å². The lowest BCUT2D eigenvalue weighted by Gasteiger charge is -2.06. The molecule has 0 aromatic carbocycles. The molecule has 6 heteroatoms. The van der Waals surface area contributed by atoms with Gasteiger partial charge < -0.3 is 5.32 Å². The van der Waals surface area contributed by atoms with Gasteiger partial charge in [-0.15, -0.1) is 12.4 Å². The van der Waals surface area contributed by atoms with Gasteiger partial charge in [0.15, 0.2) is 0 Å². The van der Waals surface area contributed by atoms with Crippen LogP contribution in [0.15, 0.2) is 18.5 Å². The van der Waals surface area contributed by atoms with Crippen LogP contribution in [0.25, 0.3) is 0 Å². The van der Waals surface area contributed by atoms with Crippen LogP contribution in [0.3, 0.4) is 0 Å². The molecule has 5 nitrogen and oxygen atoms in total. The van der Waals surface area contributed by atoms with E-state index in [-0.39, 0.29) is 12.4 Å². The smallest absolute Gasteiger partial charge is 0.0729 e. The van der Waals surface area contributed by atoms with E-state index in [1.165, 1.54) is 5.69 Å². The molecule has 19 heavy (non-hydrogen) atoms. The Kier molecular flexibility index (Phi) is 5.89. The van der Waals surface area contributed by atoms with E-state index in [2.05, 4.69) is 40.1 Å². The average molecular weight is 284 g/mol. The molecule has 0 fully saturated rings. The molecule has 2 aromatic heterocycles. The van der Waals surface area contributed by atoms with Crippen molar-refractivity contribution in [1.29, 1.82) is 0 Å². The Morgan fingerprint density at radius 2 is 2.11 bits per heavy atom. The zero-order valence-electron chi connectivity index (χ0n) is 11.8. The van der Waals surface area contributed by atoms with Gasteiger partial charge in [-0.3, -0.25) is 9.36 Å². The monoisotopic (exact) mass is 283 g/mol. The van der Waals surface area contributed by atoms with Gasteiger partial charge in [0, 0.05) is 19.3 Å². The van der Waals surface area contributed by atoms with E-state index >= 15 is 0 Å². The summed E-state index contributed by atoms with van der Waals surface area (Å²) in [5.41, 5.74) is 3.35. The van der Waals surface area contributed by atoms with Crippen molar-refractivity contribution in [1.82, 2.24) is 19.6 Å². The third kappa shape index (κ3) is 3.99. The Bertz CT molecular complexity index is 503. The van der Waals surface area contributed by atoms with Crippen molar-refractivity contribution < 1.29 is 0 Å². The number of hydrogen-bond donors (Lipinski definition) is 1. The maximum Gasteiger partial charge on any atom is 0.0729 e. The number of aryl methyl sites for hydroxylation is 3. The van der Waals surface area contributed by atoms with Gasteiger partial charge in [0.05, 0.1) is 29.8 Å². The Morgan fingerprint density at radius 1 is 1.32 bits per heavy atom. The molecule has 0 saturated heterocycles. The molecule has 0 aliphatic rings. The molecule has 0 radical (unpaired) electrons. The average Bonchev–Trinajstić information content (AvgIpc) is 2.94. The van der Waals surface area contributed by atoms with Crippen LogP contribution in [0.1, 0.15) is 31.7 Å². The molecule has 0 unspecified atom stereocenters. The highest BCUT2D eigenvalue weighted by atomic mass is 35.5. The minimum atomic E-state index is 0. The number of hydrogen-bond acceptors (Lipinski definition) is 3. The number of aromatic nitrogens is 4. The van der Waals surface area contributed by atoms with Crippen LogP contribution in [-0.4, -0.2) is 19.6 Å². The number of halogens is 1. The Morgan fingerprint density at radius 3 is 2.74 bits per heavy atom. The fourth-order valence-electron chi connectivity index (χ4n) is 1.97. The molecule has 0 bridgehead atoms. The third-order valence-electron chi connectivity index (χ3n) is 2.85. The molecule has 0 spiro atoms. The zero-order chi connectivity index (χ0) is 13.0. The van der Waals surface area contributed by atoms with Gasteiger partial charge in [-0.1, -0.05) is 6.92 Å².